The van der Waals surface area contributed by atoms with E-state index in [2.05, 4.69) is 0 Å². The first kappa shape index (κ1) is 19.9. The standard InChI is InChI=1S/C19H24N2O4S/c1-15-17(19(22)25-4)11-8-12-18(15)26(23,24)21(14-13-20(2)3)16-9-6-5-7-10-16/h5-12H,13-14H2,1-4H3. The van der Waals surface area contributed by atoms with Crippen LogP contribution in [0.3, 0.4) is 0 Å². The van der Waals surface area contributed by atoms with Gasteiger partial charge in [-0.05, 0) is 50.8 Å². The summed E-state index contributed by atoms with van der Waals surface area (Å²) in [7, 11) is 1.20. The Hall–Kier alpha value is -2.38. The molecule has 0 aromatic heterocycles. The SMILES string of the molecule is COC(=O)c1cccc(S(=O)(=O)N(CCN(C)C)c2ccccc2)c1C. The van der Waals surface area contributed by atoms with Gasteiger partial charge >= 0.3 is 5.97 Å². The summed E-state index contributed by atoms with van der Waals surface area (Å²) < 4.78 is 32.9. The Balaban J connectivity index is 2.55. The van der Waals surface area contributed by atoms with Crippen molar-refractivity contribution >= 4 is 21.7 Å². The van der Waals surface area contributed by atoms with Gasteiger partial charge in [-0.15, -0.1) is 0 Å². The van der Waals surface area contributed by atoms with E-state index in [9.17, 15) is 13.2 Å². The molecule has 0 fully saturated rings. The lowest BCUT2D eigenvalue weighted by molar-refractivity contribution is 0.0599. The second-order valence-corrected chi connectivity index (χ2v) is 7.97. The van der Waals surface area contributed by atoms with Crippen molar-refractivity contribution < 1.29 is 17.9 Å². The fourth-order valence-electron chi connectivity index (χ4n) is 2.62. The zero-order valence-corrected chi connectivity index (χ0v) is 16.3. The molecule has 26 heavy (non-hydrogen) atoms. The third kappa shape index (κ3) is 4.23. The van der Waals surface area contributed by atoms with E-state index in [1.165, 1.54) is 17.5 Å². The lowest BCUT2D eigenvalue weighted by Gasteiger charge is -2.27. The molecule has 0 aliphatic rings. The number of rotatable bonds is 7. The molecule has 140 valence electrons. The number of likely N-dealkylation sites (N-methyl/N-ethyl adjacent to an activating group) is 1. The molecule has 0 saturated heterocycles. The first-order valence-corrected chi connectivity index (χ1v) is 9.63. The van der Waals surface area contributed by atoms with Crippen LogP contribution in [0, 0.1) is 6.92 Å². The predicted molar refractivity (Wildman–Crippen MR) is 102 cm³/mol. The third-order valence-electron chi connectivity index (χ3n) is 4.05. The van der Waals surface area contributed by atoms with Crippen LogP contribution in [0.4, 0.5) is 5.69 Å². The summed E-state index contributed by atoms with van der Waals surface area (Å²) in [6.45, 7) is 2.47. The normalized spacial score (nSPS) is 11.4. The number of ether oxygens (including phenoxy) is 1. The molecule has 0 saturated carbocycles. The molecular formula is C19H24N2O4S. The van der Waals surface area contributed by atoms with Gasteiger partial charge in [-0.3, -0.25) is 4.31 Å². The predicted octanol–water partition coefficient (Wildman–Crippen LogP) is 2.54. The zero-order valence-electron chi connectivity index (χ0n) is 15.5. The lowest BCUT2D eigenvalue weighted by Crippen LogP contribution is -2.37. The van der Waals surface area contributed by atoms with Gasteiger partial charge in [-0.25, -0.2) is 13.2 Å². The van der Waals surface area contributed by atoms with E-state index < -0.39 is 16.0 Å². The van der Waals surface area contributed by atoms with Gasteiger partial charge in [-0.1, -0.05) is 24.3 Å². The molecule has 0 unspecified atom stereocenters. The maximum atomic E-state index is 13.4. The van der Waals surface area contributed by atoms with Crippen molar-refractivity contribution in [3.63, 3.8) is 0 Å². The molecule has 6 nitrogen and oxygen atoms in total. The minimum Gasteiger partial charge on any atom is -0.465 e. The van der Waals surface area contributed by atoms with Crippen molar-refractivity contribution in [2.24, 2.45) is 0 Å². The number of carbonyl (C=O) groups excluding carboxylic acids is 1. The first-order valence-electron chi connectivity index (χ1n) is 8.19. The van der Waals surface area contributed by atoms with Crippen molar-refractivity contribution in [1.29, 1.82) is 0 Å². The summed E-state index contributed by atoms with van der Waals surface area (Å²) in [5.41, 5.74) is 1.21. The molecule has 7 heteroatoms. The second kappa shape index (κ2) is 8.33. The van der Waals surface area contributed by atoms with Gasteiger partial charge < -0.3 is 9.64 Å². The van der Waals surface area contributed by atoms with Crippen LogP contribution in [-0.4, -0.2) is 53.6 Å². The molecule has 2 aromatic carbocycles. The minimum absolute atomic E-state index is 0.100. The van der Waals surface area contributed by atoms with E-state index in [0.29, 0.717) is 24.3 Å². The Bertz CT molecular complexity index is 864. The molecule has 0 atom stereocenters. The van der Waals surface area contributed by atoms with Gasteiger partial charge in [0, 0.05) is 13.1 Å². The number of hydrogen-bond acceptors (Lipinski definition) is 5. The molecule has 0 aliphatic heterocycles. The largest absolute Gasteiger partial charge is 0.465 e. The maximum Gasteiger partial charge on any atom is 0.338 e. The molecular weight excluding hydrogens is 352 g/mol. The van der Waals surface area contributed by atoms with Crippen molar-refractivity contribution in [3.05, 3.63) is 59.7 Å². The van der Waals surface area contributed by atoms with Gasteiger partial charge in [0.15, 0.2) is 0 Å². The van der Waals surface area contributed by atoms with E-state index in [0.717, 1.165) is 0 Å². The number of hydrogen-bond donors (Lipinski definition) is 0. The topological polar surface area (TPSA) is 66.9 Å². The molecule has 0 aliphatic carbocycles. The van der Waals surface area contributed by atoms with E-state index >= 15 is 0 Å². The van der Waals surface area contributed by atoms with Crippen molar-refractivity contribution in [2.75, 3.05) is 38.6 Å². The van der Waals surface area contributed by atoms with Gasteiger partial charge in [0.2, 0.25) is 0 Å². The van der Waals surface area contributed by atoms with E-state index in [1.807, 2.05) is 25.1 Å². The summed E-state index contributed by atoms with van der Waals surface area (Å²) in [4.78, 5) is 14.0. The van der Waals surface area contributed by atoms with Gasteiger partial charge in [0.05, 0.1) is 23.3 Å². The number of nitrogens with zero attached hydrogens (tertiary/aromatic N) is 2. The highest BCUT2D eigenvalue weighted by atomic mass is 32.2. The van der Waals surface area contributed by atoms with Crippen LogP contribution in [0.2, 0.25) is 0 Å². The highest BCUT2D eigenvalue weighted by Crippen LogP contribution is 2.27. The number of sulfonamides is 1. The number of esters is 1. The Morgan fingerprint density at radius 2 is 1.65 bits per heavy atom. The average Bonchev–Trinajstić information content (AvgIpc) is 2.61. The molecule has 0 N–H and O–H groups in total. The highest BCUT2D eigenvalue weighted by molar-refractivity contribution is 7.92. The van der Waals surface area contributed by atoms with Crippen molar-refractivity contribution in [3.8, 4) is 0 Å². The minimum atomic E-state index is -3.85. The average molecular weight is 376 g/mol. The number of benzene rings is 2. The second-order valence-electron chi connectivity index (χ2n) is 6.14. The van der Waals surface area contributed by atoms with Gasteiger partial charge in [-0.2, -0.15) is 0 Å². The summed E-state index contributed by atoms with van der Waals surface area (Å²) in [5.74, 6) is -0.556. The molecule has 0 spiro atoms. The molecule has 0 bridgehead atoms. The Morgan fingerprint density at radius 3 is 2.23 bits per heavy atom. The van der Waals surface area contributed by atoms with Gasteiger partial charge in [0.1, 0.15) is 0 Å². The van der Waals surface area contributed by atoms with Crippen LogP contribution in [0.25, 0.3) is 0 Å². The summed E-state index contributed by atoms with van der Waals surface area (Å²) in [5, 5.41) is 0. The number of methoxy groups -OCH3 is 1. The van der Waals surface area contributed by atoms with Crippen LogP contribution in [0.1, 0.15) is 15.9 Å². The number of carbonyl (C=O) groups is 1. The van der Waals surface area contributed by atoms with Crippen molar-refractivity contribution in [1.82, 2.24) is 4.90 Å². The number of para-hydroxylation sites is 1. The smallest absolute Gasteiger partial charge is 0.338 e. The van der Waals surface area contributed by atoms with Crippen LogP contribution >= 0.6 is 0 Å². The summed E-state index contributed by atoms with van der Waals surface area (Å²) >= 11 is 0. The van der Waals surface area contributed by atoms with Crippen molar-refractivity contribution in [2.45, 2.75) is 11.8 Å². The van der Waals surface area contributed by atoms with Crippen LogP contribution in [0.15, 0.2) is 53.4 Å². The van der Waals surface area contributed by atoms with Crippen LogP contribution < -0.4 is 4.31 Å². The molecule has 2 aromatic rings. The zero-order chi connectivity index (χ0) is 19.3. The molecule has 0 heterocycles. The third-order valence-corrected chi connectivity index (χ3v) is 6.02. The van der Waals surface area contributed by atoms with Crippen LogP contribution in [-0.2, 0) is 14.8 Å². The van der Waals surface area contributed by atoms with Gasteiger partial charge in [0.25, 0.3) is 10.0 Å². The highest BCUT2D eigenvalue weighted by Gasteiger charge is 2.28. The molecule has 0 radical (unpaired) electrons. The molecule has 0 amide bonds. The summed E-state index contributed by atoms with van der Waals surface area (Å²) in [6, 6.07) is 13.6. The fourth-order valence-corrected chi connectivity index (χ4v) is 4.32. The van der Waals surface area contributed by atoms with E-state index in [1.54, 1.807) is 43.3 Å². The maximum absolute atomic E-state index is 13.4. The van der Waals surface area contributed by atoms with Crippen LogP contribution in [0.5, 0.6) is 0 Å². The quantitative estimate of drug-likeness (QED) is 0.695. The Morgan fingerprint density at radius 1 is 1.00 bits per heavy atom. The summed E-state index contributed by atoms with van der Waals surface area (Å²) in [6.07, 6.45) is 0. The first-order chi connectivity index (χ1) is 12.3. The van der Waals surface area contributed by atoms with E-state index in [-0.39, 0.29) is 10.5 Å². The Kier molecular flexibility index (Phi) is 6.39. The Labute approximate surface area is 155 Å². The number of anilines is 1. The monoisotopic (exact) mass is 376 g/mol. The molecule has 2 rings (SSSR count). The lowest BCUT2D eigenvalue weighted by atomic mass is 10.1. The van der Waals surface area contributed by atoms with E-state index in [4.69, 9.17) is 4.74 Å². The fraction of sp³-hybridized carbons (Fsp3) is 0.316.